The molecule has 2 aromatic rings. The van der Waals surface area contributed by atoms with Gasteiger partial charge in [-0.05, 0) is 43.0 Å². The lowest BCUT2D eigenvalue weighted by Crippen LogP contribution is -2.21. The lowest BCUT2D eigenvalue weighted by Gasteiger charge is -2.26. The first-order valence-electron chi connectivity index (χ1n) is 7.13. The van der Waals surface area contributed by atoms with Crippen molar-refractivity contribution in [3.05, 3.63) is 64.7 Å². The molecular formula is C18H20O2. The van der Waals surface area contributed by atoms with Crippen LogP contribution in [0.1, 0.15) is 28.4 Å². The molecule has 1 heterocycles. The summed E-state index contributed by atoms with van der Waals surface area (Å²) in [6, 6.07) is 14.7. The largest absolute Gasteiger partial charge is 0.490 e. The van der Waals surface area contributed by atoms with Gasteiger partial charge in [0.25, 0.3) is 0 Å². The molecule has 0 aromatic heterocycles. The molecule has 20 heavy (non-hydrogen) atoms. The van der Waals surface area contributed by atoms with E-state index in [0.717, 1.165) is 18.8 Å². The van der Waals surface area contributed by atoms with Crippen LogP contribution in [0.2, 0.25) is 0 Å². The van der Waals surface area contributed by atoms with Gasteiger partial charge < -0.3 is 9.47 Å². The molecule has 1 atom stereocenters. The van der Waals surface area contributed by atoms with Crippen molar-refractivity contribution < 1.29 is 9.47 Å². The molecule has 0 spiro atoms. The van der Waals surface area contributed by atoms with Crippen molar-refractivity contribution in [3.8, 4) is 5.75 Å². The van der Waals surface area contributed by atoms with Crippen molar-refractivity contribution in [2.24, 2.45) is 0 Å². The zero-order chi connectivity index (χ0) is 13.9. The van der Waals surface area contributed by atoms with Crippen LogP contribution in [-0.2, 0) is 11.2 Å². The Hall–Kier alpha value is -1.80. The van der Waals surface area contributed by atoms with Crippen molar-refractivity contribution in [2.75, 3.05) is 13.2 Å². The second-order valence-electron chi connectivity index (χ2n) is 5.39. The van der Waals surface area contributed by atoms with E-state index in [1.165, 1.54) is 22.3 Å². The number of fused-ring (bicyclic) bond motifs is 1. The lowest BCUT2D eigenvalue weighted by molar-refractivity contribution is 0.0100. The third-order valence-electron chi connectivity index (χ3n) is 3.81. The first-order chi connectivity index (χ1) is 9.74. The number of hydrogen-bond acceptors (Lipinski definition) is 2. The first kappa shape index (κ1) is 13.2. The number of benzene rings is 2. The highest BCUT2D eigenvalue weighted by Crippen LogP contribution is 2.28. The lowest BCUT2D eigenvalue weighted by atomic mass is 9.98. The maximum atomic E-state index is 5.96. The van der Waals surface area contributed by atoms with Gasteiger partial charge >= 0.3 is 0 Å². The molecule has 2 aromatic carbocycles. The number of aryl methyl sites for hydroxylation is 2. The van der Waals surface area contributed by atoms with E-state index < -0.39 is 0 Å². The van der Waals surface area contributed by atoms with Gasteiger partial charge in [-0.25, -0.2) is 0 Å². The standard InChI is InChI=1S/C18H20O2/c1-13-7-8-17(14(2)11-13)20-12-18-16-6-4-3-5-15(16)9-10-19-18/h3-8,11,18H,9-10,12H2,1-2H3. The molecule has 0 saturated heterocycles. The van der Waals surface area contributed by atoms with Gasteiger partial charge in [-0.1, -0.05) is 42.0 Å². The molecule has 0 aliphatic carbocycles. The Balaban J connectivity index is 1.73. The molecular weight excluding hydrogens is 248 g/mol. The average Bonchev–Trinajstić information content (AvgIpc) is 2.46. The summed E-state index contributed by atoms with van der Waals surface area (Å²) in [5.41, 5.74) is 5.08. The van der Waals surface area contributed by atoms with Gasteiger partial charge in [0.15, 0.2) is 0 Å². The van der Waals surface area contributed by atoms with Crippen LogP contribution in [0.4, 0.5) is 0 Å². The zero-order valence-electron chi connectivity index (χ0n) is 12.1. The molecule has 0 radical (unpaired) electrons. The number of rotatable bonds is 3. The zero-order valence-corrected chi connectivity index (χ0v) is 12.1. The molecule has 1 unspecified atom stereocenters. The minimum absolute atomic E-state index is 0.0423. The Morgan fingerprint density at radius 2 is 2.00 bits per heavy atom. The van der Waals surface area contributed by atoms with Gasteiger partial charge in [-0.15, -0.1) is 0 Å². The fourth-order valence-electron chi connectivity index (χ4n) is 2.74. The third kappa shape index (κ3) is 2.70. The van der Waals surface area contributed by atoms with Gasteiger partial charge in [-0.2, -0.15) is 0 Å². The first-order valence-corrected chi connectivity index (χ1v) is 7.13. The van der Waals surface area contributed by atoms with Crippen molar-refractivity contribution in [1.82, 2.24) is 0 Å². The van der Waals surface area contributed by atoms with Gasteiger partial charge in [0, 0.05) is 0 Å². The average molecular weight is 268 g/mol. The summed E-state index contributed by atoms with van der Waals surface area (Å²) < 4.78 is 11.8. The van der Waals surface area contributed by atoms with Crippen LogP contribution in [0.3, 0.4) is 0 Å². The summed E-state index contributed by atoms with van der Waals surface area (Å²) in [7, 11) is 0. The SMILES string of the molecule is Cc1ccc(OCC2OCCc3ccccc32)c(C)c1. The molecule has 0 bridgehead atoms. The van der Waals surface area contributed by atoms with Crippen molar-refractivity contribution in [2.45, 2.75) is 26.4 Å². The maximum absolute atomic E-state index is 5.96. The van der Waals surface area contributed by atoms with Gasteiger partial charge in [0.1, 0.15) is 18.5 Å². The minimum atomic E-state index is 0.0423. The van der Waals surface area contributed by atoms with Gasteiger partial charge in [0.2, 0.25) is 0 Å². The highest BCUT2D eigenvalue weighted by atomic mass is 16.5. The summed E-state index contributed by atoms with van der Waals surface area (Å²) in [5.74, 6) is 0.947. The second kappa shape index (κ2) is 5.68. The summed E-state index contributed by atoms with van der Waals surface area (Å²) in [6.45, 7) is 5.52. The van der Waals surface area contributed by atoms with E-state index in [2.05, 4.69) is 50.2 Å². The maximum Gasteiger partial charge on any atom is 0.122 e. The molecule has 3 rings (SSSR count). The minimum Gasteiger partial charge on any atom is -0.490 e. The molecule has 2 nitrogen and oxygen atoms in total. The van der Waals surface area contributed by atoms with E-state index in [-0.39, 0.29) is 6.10 Å². The van der Waals surface area contributed by atoms with Crippen LogP contribution >= 0.6 is 0 Å². The molecule has 0 amide bonds. The normalized spacial score (nSPS) is 17.6. The predicted molar refractivity (Wildman–Crippen MR) is 80.3 cm³/mol. The quantitative estimate of drug-likeness (QED) is 0.837. The molecule has 0 fully saturated rings. The summed E-state index contributed by atoms with van der Waals surface area (Å²) in [5, 5.41) is 0. The van der Waals surface area contributed by atoms with Crippen LogP contribution in [0, 0.1) is 13.8 Å². The van der Waals surface area contributed by atoms with Crippen molar-refractivity contribution in [1.29, 1.82) is 0 Å². The Labute approximate surface area is 120 Å². The summed E-state index contributed by atoms with van der Waals surface area (Å²) >= 11 is 0. The highest BCUT2D eigenvalue weighted by molar-refractivity contribution is 5.36. The number of hydrogen-bond donors (Lipinski definition) is 0. The molecule has 1 aliphatic heterocycles. The van der Waals surface area contributed by atoms with Crippen LogP contribution in [-0.4, -0.2) is 13.2 Å². The van der Waals surface area contributed by atoms with E-state index in [1.54, 1.807) is 0 Å². The van der Waals surface area contributed by atoms with Crippen molar-refractivity contribution >= 4 is 0 Å². The van der Waals surface area contributed by atoms with E-state index in [9.17, 15) is 0 Å². The topological polar surface area (TPSA) is 18.5 Å². The smallest absolute Gasteiger partial charge is 0.122 e. The van der Waals surface area contributed by atoms with Crippen molar-refractivity contribution in [3.63, 3.8) is 0 Å². The predicted octanol–water partition coefficient (Wildman–Crippen LogP) is 4.00. The van der Waals surface area contributed by atoms with E-state index in [4.69, 9.17) is 9.47 Å². The van der Waals surface area contributed by atoms with Gasteiger partial charge in [-0.3, -0.25) is 0 Å². The molecule has 2 heteroatoms. The Bertz CT molecular complexity index is 604. The van der Waals surface area contributed by atoms with Gasteiger partial charge in [0.05, 0.1) is 6.61 Å². The molecule has 104 valence electrons. The highest BCUT2D eigenvalue weighted by Gasteiger charge is 2.21. The summed E-state index contributed by atoms with van der Waals surface area (Å²) in [6.07, 6.45) is 1.04. The van der Waals surface area contributed by atoms with E-state index >= 15 is 0 Å². The van der Waals surface area contributed by atoms with E-state index in [0.29, 0.717) is 6.61 Å². The Kier molecular flexibility index (Phi) is 3.75. The van der Waals surface area contributed by atoms with Crippen LogP contribution in [0.5, 0.6) is 5.75 Å². The van der Waals surface area contributed by atoms with Crippen LogP contribution < -0.4 is 4.74 Å². The van der Waals surface area contributed by atoms with E-state index in [1.807, 2.05) is 6.07 Å². The molecule has 1 aliphatic rings. The summed E-state index contributed by atoms with van der Waals surface area (Å²) in [4.78, 5) is 0. The van der Waals surface area contributed by atoms with Crippen LogP contribution in [0.15, 0.2) is 42.5 Å². The third-order valence-corrected chi connectivity index (χ3v) is 3.81. The number of ether oxygens (including phenoxy) is 2. The molecule has 0 saturated carbocycles. The fraction of sp³-hybridized carbons (Fsp3) is 0.333. The Morgan fingerprint density at radius 1 is 1.15 bits per heavy atom. The molecule has 0 N–H and O–H groups in total. The fourth-order valence-corrected chi connectivity index (χ4v) is 2.74. The second-order valence-corrected chi connectivity index (χ2v) is 5.39. The monoisotopic (exact) mass is 268 g/mol. The van der Waals surface area contributed by atoms with Crippen LogP contribution in [0.25, 0.3) is 0 Å². The Morgan fingerprint density at radius 3 is 2.85 bits per heavy atom.